The maximum absolute atomic E-state index is 12.4. The summed E-state index contributed by atoms with van der Waals surface area (Å²) in [6.45, 7) is -2.52. The van der Waals surface area contributed by atoms with Crippen LogP contribution < -0.4 is 14.8 Å². The number of hydrogen-bond acceptors (Lipinski definition) is 6. The number of ether oxygens (including phenoxy) is 2. The number of benzene rings is 1. The lowest BCUT2D eigenvalue weighted by molar-refractivity contribution is -0.0512. The molecule has 3 heterocycles. The van der Waals surface area contributed by atoms with Crippen LogP contribution in [0.3, 0.4) is 0 Å². The van der Waals surface area contributed by atoms with Gasteiger partial charge in [0.25, 0.3) is 5.91 Å². The van der Waals surface area contributed by atoms with Gasteiger partial charge in [-0.2, -0.15) is 8.78 Å². The normalized spacial score (nSPS) is 11.4. The number of halogens is 2. The molecule has 4 rings (SSSR count). The lowest BCUT2D eigenvalue weighted by Gasteiger charge is -2.11. The molecular weight excluding hydrogens is 408 g/mol. The molecule has 0 fully saturated rings. The Morgan fingerprint density at radius 3 is 2.96 bits per heavy atom. The number of rotatable bonds is 7. The largest absolute Gasteiger partial charge is 0.493 e. The Morgan fingerprint density at radius 1 is 1.32 bits per heavy atom. The van der Waals surface area contributed by atoms with Gasteiger partial charge >= 0.3 is 6.61 Å². The number of nitrogens with zero attached hydrogens (tertiary/aromatic N) is 2. The van der Waals surface area contributed by atoms with Crippen molar-refractivity contribution in [3.8, 4) is 11.5 Å². The van der Waals surface area contributed by atoms with E-state index in [0.29, 0.717) is 17.8 Å². The lowest BCUT2D eigenvalue weighted by atomic mass is 10.1. The second kappa shape index (κ2) is 7.72. The Morgan fingerprint density at radius 2 is 2.18 bits per heavy atom. The molecule has 1 amide bonds. The van der Waals surface area contributed by atoms with Gasteiger partial charge in [0.05, 0.1) is 17.5 Å². The fraction of sp³-hybridized carbons (Fsp3) is 0.222. The first-order valence-corrected chi connectivity index (χ1v) is 10.00. The molecule has 6 nitrogen and oxygen atoms in total. The Bertz CT molecular complexity index is 1140. The molecule has 0 saturated carbocycles. The van der Waals surface area contributed by atoms with Crippen molar-refractivity contribution in [2.45, 2.75) is 13.0 Å². The second-order valence-electron chi connectivity index (χ2n) is 5.84. The molecule has 10 heteroatoms. The summed E-state index contributed by atoms with van der Waals surface area (Å²) in [5.41, 5.74) is 1.76. The zero-order valence-electron chi connectivity index (χ0n) is 14.6. The van der Waals surface area contributed by atoms with E-state index in [2.05, 4.69) is 15.0 Å². The van der Waals surface area contributed by atoms with Crippen LogP contribution in [-0.4, -0.2) is 35.6 Å². The van der Waals surface area contributed by atoms with Crippen LogP contribution in [0.4, 0.5) is 8.78 Å². The Hall–Kier alpha value is -2.72. The standard InChI is InChI=1S/C18H15F2N3O3S2/c1-25-13-8-10(2-3-12(13)26-17(19)20)4-5-21-15(24)14-9-11-16(28-14)22-18-23(11)6-7-27-18/h2-3,6-9,17H,4-5H2,1H3,(H,21,24). The van der Waals surface area contributed by atoms with Crippen LogP contribution in [0.1, 0.15) is 15.2 Å². The summed E-state index contributed by atoms with van der Waals surface area (Å²) in [6.07, 6.45) is 2.45. The third-order valence-electron chi connectivity index (χ3n) is 4.11. The molecule has 1 aromatic carbocycles. The van der Waals surface area contributed by atoms with Crippen molar-refractivity contribution in [2.24, 2.45) is 0 Å². The van der Waals surface area contributed by atoms with Gasteiger partial charge in [0.2, 0.25) is 0 Å². The molecule has 0 aliphatic carbocycles. The van der Waals surface area contributed by atoms with Gasteiger partial charge in [-0.3, -0.25) is 9.20 Å². The van der Waals surface area contributed by atoms with Crippen LogP contribution in [-0.2, 0) is 6.42 Å². The summed E-state index contributed by atoms with van der Waals surface area (Å²) >= 11 is 2.90. The topological polar surface area (TPSA) is 64.9 Å². The molecule has 1 N–H and O–H groups in total. The molecule has 3 aromatic heterocycles. The number of alkyl halides is 2. The van der Waals surface area contributed by atoms with Crippen LogP contribution in [0.25, 0.3) is 15.3 Å². The first-order chi connectivity index (χ1) is 13.5. The number of nitrogens with one attached hydrogen (secondary N) is 1. The smallest absolute Gasteiger partial charge is 0.387 e. The molecule has 0 saturated heterocycles. The van der Waals surface area contributed by atoms with Gasteiger partial charge in [0.1, 0.15) is 4.83 Å². The van der Waals surface area contributed by atoms with Crippen molar-refractivity contribution in [1.82, 2.24) is 14.7 Å². The summed E-state index contributed by atoms with van der Waals surface area (Å²) in [4.78, 5) is 19.2. The number of amides is 1. The zero-order chi connectivity index (χ0) is 19.7. The van der Waals surface area contributed by atoms with Crippen molar-refractivity contribution in [2.75, 3.05) is 13.7 Å². The van der Waals surface area contributed by atoms with E-state index in [1.807, 2.05) is 22.0 Å². The minimum Gasteiger partial charge on any atom is -0.493 e. The van der Waals surface area contributed by atoms with E-state index in [1.165, 1.54) is 24.5 Å². The van der Waals surface area contributed by atoms with E-state index >= 15 is 0 Å². The summed E-state index contributed by atoms with van der Waals surface area (Å²) in [6, 6.07) is 6.56. The molecule has 28 heavy (non-hydrogen) atoms. The first kappa shape index (κ1) is 18.6. The highest BCUT2D eigenvalue weighted by atomic mass is 32.1. The molecule has 146 valence electrons. The van der Waals surface area contributed by atoms with Crippen molar-refractivity contribution >= 4 is 43.9 Å². The number of carbonyl (C=O) groups excluding carboxylic acids is 1. The van der Waals surface area contributed by atoms with Gasteiger partial charge < -0.3 is 14.8 Å². The SMILES string of the molecule is COc1cc(CCNC(=O)c2cc3c(nc4sccn43)s2)ccc1OC(F)F. The van der Waals surface area contributed by atoms with Crippen molar-refractivity contribution in [3.63, 3.8) is 0 Å². The van der Waals surface area contributed by atoms with E-state index in [-0.39, 0.29) is 17.4 Å². The summed E-state index contributed by atoms with van der Waals surface area (Å²) < 4.78 is 36.2. The molecule has 0 radical (unpaired) electrons. The van der Waals surface area contributed by atoms with Crippen LogP contribution in [0.2, 0.25) is 0 Å². The maximum atomic E-state index is 12.4. The van der Waals surface area contributed by atoms with Crippen LogP contribution in [0.5, 0.6) is 11.5 Å². The fourth-order valence-corrected chi connectivity index (χ4v) is 4.54. The Labute approximate surface area is 166 Å². The van der Waals surface area contributed by atoms with Crippen molar-refractivity contribution in [1.29, 1.82) is 0 Å². The third kappa shape index (κ3) is 3.65. The number of aromatic nitrogens is 2. The van der Waals surface area contributed by atoms with Gasteiger partial charge in [-0.05, 0) is 30.2 Å². The van der Waals surface area contributed by atoms with Gasteiger partial charge in [0.15, 0.2) is 16.5 Å². The number of carbonyl (C=O) groups is 1. The van der Waals surface area contributed by atoms with Crippen LogP contribution in [0.15, 0.2) is 35.8 Å². The van der Waals surface area contributed by atoms with E-state index in [0.717, 1.165) is 20.9 Å². The van der Waals surface area contributed by atoms with Crippen molar-refractivity contribution < 1.29 is 23.0 Å². The molecule has 0 bridgehead atoms. The first-order valence-electron chi connectivity index (χ1n) is 8.30. The highest BCUT2D eigenvalue weighted by molar-refractivity contribution is 7.21. The highest BCUT2D eigenvalue weighted by Gasteiger charge is 2.15. The lowest BCUT2D eigenvalue weighted by Crippen LogP contribution is -2.24. The summed E-state index contributed by atoms with van der Waals surface area (Å²) in [5.74, 6) is 0.0352. The van der Waals surface area contributed by atoms with Crippen LogP contribution in [0, 0.1) is 0 Å². The molecule has 0 unspecified atom stereocenters. The van der Waals surface area contributed by atoms with Crippen molar-refractivity contribution in [3.05, 3.63) is 46.3 Å². The summed E-state index contributed by atoms with van der Waals surface area (Å²) in [7, 11) is 1.39. The fourth-order valence-electron chi connectivity index (χ4n) is 2.83. The second-order valence-corrected chi connectivity index (χ2v) is 7.74. The Kier molecular flexibility index (Phi) is 5.14. The van der Waals surface area contributed by atoms with Crippen LogP contribution >= 0.6 is 22.7 Å². The number of thiazole rings is 1. The van der Waals surface area contributed by atoms with E-state index in [1.54, 1.807) is 23.5 Å². The quantitative estimate of drug-likeness (QED) is 0.484. The third-order valence-corrected chi connectivity index (χ3v) is 5.88. The molecular formula is C18H15F2N3O3S2. The number of hydrogen-bond donors (Lipinski definition) is 1. The zero-order valence-corrected chi connectivity index (χ0v) is 16.3. The van der Waals surface area contributed by atoms with E-state index < -0.39 is 6.61 Å². The average molecular weight is 423 g/mol. The molecule has 0 spiro atoms. The predicted octanol–water partition coefficient (Wildman–Crippen LogP) is 4.19. The predicted molar refractivity (Wildman–Crippen MR) is 104 cm³/mol. The van der Waals surface area contributed by atoms with E-state index in [4.69, 9.17) is 4.74 Å². The number of imidazole rings is 1. The molecule has 0 aliphatic heterocycles. The number of fused-ring (bicyclic) bond motifs is 3. The summed E-state index contributed by atoms with van der Waals surface area (Å²) in [5, 5.41) is 4.82. The molecule has 0 aliphatic rings. The minimum absolute atomic E-state index is 0.0209. The average Bonchev–Trinajstić information content (AvgIpc) is 3.34. The van der Waals surface area contributed by atoms with Gasteiger partial charge in [-0.25, -0.2) is 4.98 Å². The highest BCUT2D eigenvalue weighted by Crippen LogP contribution is 2.30. The number of thiophene rings is 1. The maximum Gasteiger partial charge on any atom is 0.387 e. The van der Waals surface area contributed by atoms with E-state index in [9.17, 15) is 13.6 Å². The molecule has 0 atom stereocenters. The number of methoxy groups -OCH3 is 1. The monoisotopic (exact) mass is 423 g/mol. The Balaban J connectivity index is 1.39. The van der Waals surface area contributed by atoms with Gasteiger partial charge in [-0.1, -0.05) is 6.07 Å². The minimum atomic E-state index is -2.92. The van der Waals surface area contributed by atoms with Gasteiger partial charge in [-0.15, -0.1) is 22.7 Å². The van der Waals surface area contributed by atoms with Gasteiger partial charge in [0, 0.05) is 18.1 Å². The molecule has 4 aromatic rings.